The lowest BCUT2D eigenvalue weighted by Gasteiger charge is -2.19. The summed E-state index contributed by atoms with van der Waals surface area (Å²) >= 11 is 5.95. The van der Waals surface area contributed by atoms with Gasteiger partial charge in [-0.2, -0.15) is 0 Å². The predicted octanol–water partition coefficient (Wildman–Crippen LogP) is 5.12. The summed E-state index contributed by atoms with van der Waals surface area (Å²) in [7, 11) is 0. The molecule has 5 heteroatoms. The molecule has 2 aromatic rings. The van der Waals surface area contributed by atoms with Crippen molar-refractivity contribution in [3.63, 3.8) is 0 Å². The van der Waals surface area contributed by atoms with Gasteiger partial charge in [0.2, 0.25) is 0 Å². The fourth-order valence-corrected chi connectivity index (χ4v) is 2.57. The van der Waals surface area contributed by atoms with Crippen LogP contribution in [-0.2, 0) is 16.1 Å². The van der Waals surface area contributed by atoms with Crippen LogP contribution in [0.25, 0.3) is 0 Å². The number of hydrogen-bond acceptors (Lipinski definition) is 3. The summed E-state index contributed by atoms with van der Waals surface area (Å²) in [5, 5.41) is 3.52. The standard InChI is InChI=1S/C20H24ClNO3/c1-3-19(14-24-13-16-8-7-11-18(21)12-16)25-20(23)22-15(2)17-9-5-4-6-10-17/h4-12,15,19H,3,13-14H2,1-2H3,(H,22,23)/t15-,19?/m1/s1. The summed E-state index contributed by atoms with van der Waals surface area (Å²) in [5.41, 5.74) is 2.02. The molecule has 0 bridgehead atoms. The fraction of sp³-hybridized carbons (Fsp3) is 0.350. The van der Waals surface area contributed by atoms with Crippen LogP contribution in [0.3, 0.4) is 0 Å². The lowest BCUT2D eigenvalue weighted by Crippen LogP contribution is -2.32. The van der Waals surface area contributed by atoms with Gasteiger partial charge < -0.3 is 14.8 Å². The number of benzene rings is 2. The zero-order chi connectivity index (χ0) is 18.1. The average Bonchev–Trinajstić information content (AvgIpc) is 2.61. The lowest BCUT2D eigenvalue weighted by molar-refractivity contribution is 0.0111. The van der Waals surface area contributed by atoms with E-state index in [2.05, 4.69) is 5.32 Å². The Labute approximate surface area is 154 Å². The number of halogens is 1. The molecule has 2 atom stereocenters. The summed E-state index contributed by atoms with van der Waals surface area (Å²) in [6, 6.07) is 17.2. The first-order valence-corrected chi connectivity index (χ1v) is 8.80. The van der Waals surface area contributed by atoms with Gasteiger partial charge in [-0.05, 0) is 36.6 Å². The molecule has 0 saturated heterocycles. The average molecular weight is 362 g/mol. The largest absolute Gasteiger partial charge is 0.444 e. The van der Waals surface area contributed by atoms with Crippen molar-refractivity contribution in [3.8, 4) is 0 Å². The van der Waals surface area contributed by atoms with Crippen molar-refractivity contribution in [1.29, 1.82) is 0 Å². The second-order valence-corrected chi connectivity index (χ2v) is 6.29. The molecule has 2 rings (SSSR count). The van der Waals surface area contributed by atoms with Gasteiger partial charge in [0.05, 0.1) is 19.3 Å². The Kier molecular flexibility index (Phi) is 7.76. The minimum Gasteiger partial charge on any atom is -0.444 e. The lowest BCUT2D eigenvalue weighted by atomic mass is 10.1. The Morgan fingerprint density at radius 3 is 2.60 bits per heavy atom. The number of rotatable bonds is 8. The van der Waals surface area contributed by atoms with Crippen LogP contribution in [0.2, 0.25) is 5.02 Å². The van der Waals surface area contributed by atoms with Crippen LogP contribution in [0.4, 0.5) is 4.79 Å². The first-order valence-electron chi connectivity index (χ1n) is 8.42. The summed E-state index contributed by atoms with van der Waals surface area (Å²) in [4.78, 5) is 12.1. The van der Waals surface area contributed by atoms with E-state index in [0.29, 0.717) is 24.7 Å². The third kappa shape index (κ3) is 6.77. The number of alkyl carbamates (subject to hydrolysis) is 1. The Morgan fingerprint density at radius 1 is 1.16 bits per heavy atom. The SMILES string of the molecule is CCC(COCc1cccc(Cl)c1)OC(=O)N[C@H](C)c1ccccc1. The number of ether oxygens (including phenoxy) is 2. The quantitative estimate of drug-likeness (QED) is 0.709. The van der Waals surface area contributed by atoms with E-state index in [0.717, 1.165) is 11.1 Å². The van der Waals surface area contributed by atoms with Crippen molar-refractivity contribution >= 4 is 17.7 Å². The first kappa shape index (κ1) is 19.3. The van der Waals surface area contributed by atoms with Crippen LogP contribution in [0.15, 0.2) is 54.6 Å². The van der Waals surface area contributed by atoms with Gasteiger partial charge in [0, 0.05) is 5.02 Å². The minimum atomic E-state index is -0.436. The maximum Gasteiger partial charge on any atom is 0.407 e. The molecule has 0 aromatic heterocycles. The Balaban J connectivity index is 1.75. The van der Waals surface area contributed by atoms with Gasteiger partial charge in [0.15, 0.2) is 0 Å². The highest BCUT2D eigenvalue weighted by molar-refractivity contribution is 6.30. The molecule has 1 amide bonds. The van der Waals surface area contributed by atoms with Crippen molar-refractivity contribution in [2.75, 3.05) is 6.61 Å². The molecule has 0 spiro atoms. The van der Waals surface area contributed by atoms with Gasteiger partial charge in [-0.1, -0.05) is 61.0 Å². The van der Waals surface area contributed by atoms with E-state index in [1.54, 1.807) is 0 Å². The third-order valence-corrected chi connectivity index (χ3v) is 4.06. The first-order chi connectivity index (χ1) is 12.1. The maximum absolute atomic E-state index is 12.1. The van der Waals surface area contributed by atoms with E-state index in [1.807, 2.05) is 68.4 Å². The number of carbonyl (C=O) groups is 1. The molecule has 0 heterocycles. The number of carbonyl (C=O) groups excluding carboxylic acids is 1. The van der Waals surface area contributed by atoms with E-state index in [1.165, 1.54) is 0 Å². The smallest absolute Gasteiger partial charge is 0.407 e. The molecule has 0 aliphatic heterocycles. The number of hydrogen-bond donors (Lipinski definition) is 1. The van der Waals surface area contributed by atoms with E-state index in [-0.39, 0.29) is 12.1 Å². The van der Waals surface area contributed by atoms with Crippen molar-refractivity contribution in [2.45, 2.75) is 39.0 Å². The zero-order valence-corrected chi connectivity index (χ0v) is 15.3. The zero-order valence-electron chi connectivity index (χ0n) is 14.6. The van der Waals surface area contributed by atoms with Gasteiger partial charge >= 0.3 is 6.09 Å². The van der Waals surface area contributed by atoms with Crippen molar-refractivity contribution in [2.24, 2.45) is 0 Å². The molecule has 0 aliphatic carbocycles. The Morgan fingerprint density at radius 2 is 1.92 bits per heavy atom. The topological polar surface area (TPSA) is 47.6 Å². The van der Waals surface area contributed by atoms with Crippen LogP contribution in [0.5, 0.6) is 0 Å². The second-order valence-electron chi connectivity index (χ2n) is 5.86. The van der Waals surface area contributed by atoms with Crippen molar-refractivity contribution < 1.29 is 14.3 Å². The molecule has 0 radical (unpaired) electrons. The highest BCUT2D eigenvalue weighted by atomic mass is 35.5. The maximum atomic E-state index is 12.1. The van der Waals surface area contributed by atoms with Crippen LogP contribution in [-0.4, -0.2) is 18.8 Å². The van der Waals surface area contributed by atoms with Crippen LogP contribution < -0.4 is 5.32 Å². The van der Waals surface area contributed by atoms with Crippen LogP contribution in [0.1, 0.15) is 37.4 Å². The highest BCUT2D eigenvalue weighted by Crippen LogP contribution is 2.13. The van der Waals surface area contributed by atoms with E-state index >= 15 is 0 Å². The number of amides is 1. The molecule has 4 nitrogen and oxygen atoms in total. The van der Waals surface area contributed by atoms with Gasteiger partial charge in [-0.15, -0.1) is 0 Å². The van der Waals surface area contributed by atoms with Crippen molar-refractivity contribution in [1.82, 2.24) is 5.32 Å². The van der Waals surface area contributed by atoms with Crippen molar-refractivity contribution in [3.05, 3.63) is 70.7 Å². The molecule has 25 heavy (non-hydrogen) atoms. The molecular weight excluding hydrogens is 338 g/mol. The normalized spacial score (nSPS) is 13.1. The second kappa shape index (κ2) is 10.1. The monoisotopic (exact) mass is 361 g/mol. The molecular formula is C20H24ClNO3. The molecule has 0 aliphatic rings. The molecule has 0 fully saturated rings. The Bertz CT molecular complexity index is 663. The van der Waals surface area contributed by atoms with E-state index in [9.17, 15) is 4.79 Å². The molecule has 0 saturated carbocycles. The highest BCUT2D eigenvalue weighted by Gasteiger charge is 2.15. The van der Waals surface area contributed by atoms with Gasteiger partial charge in [0.25, 0.3) is 0 Å². The van der Waals surface area contributed by atoms with Gasteiger partial charge in [-0.3, -0.25) is 0 Å². The molecule has 2 aromatic carbocycles. The van der Waals surface area contributed by atoms with E-state index in [4.69, 9.17) is 21.1 Å². The molecule has 1 unspecified atom stereocenters. The minimum absolute atomic E-state index is 0.112. The van der Waals surface area contributed by atoms with Gasteiger partial charge in [0.1, 0.15) is 6.10 Å². The summed E-state index contributed by atoms with van der Waals surface area (Å²) in [5.74, 6) is 0. The molecule has 134 valence electrons. The Hall–Kier alpha value is -2.04. The molecule has 1 N–H and O–H groups in total. The number of nitrogens with one attached hydrogen (secondary N) is 1. The van der Waals surface area contributed by atoms with Crippen LogP contribution >= 0.6 is 11.6 Å². The van der Waals surface area contributed by atoms with Gasteiger partial charge in [-0.25, -0.2) is 4.79 Å². The third-order valence-electron chi connectivity index (χ3n) is 3.82. The van der Waals surface area contributed by atoms with E-state index < -0.39 is 6.09 Å². The summed E-state index contributed by atoms with van der Waals surface area (Å²) in [6.07, 6.45) is -0.0420. The fourth-order valence-electron chi connectivity index (χ4n) is 2.36. The summed E-state index contributed by atoms with van der Waals surface area (Å²) in [6.45, 7) is 4.66. The van der Waals surface area contributed by atoms with Crippen LogP contribution in [0, 0.1) is 0 Å². The summed E-state index contributed by atoms with van der Waals surface area (Å²) < 4.78 is 11.1. The predicted molar refractivity (Wildman–Crippen MR) is 99.7 cm³/mol.